The molecule has 90 valence electrons. The van der Waals surface area contributed by atoms with Crippen molar-refractivity contribution in [1.29, 1.82) is 0 Å². The van der Waals surface area contributed by atoms with E-state index in [1.165, 1.54) is 57.8 Å². The van der Waals surface area contributed by atoms with Crippen molar-refractivity contribution in [2.75, 3.05) is 0 Å². The van der Waals surface area contributed by atoms with Gasteiger partial charge in [0, 0.05) is 5.41 Å². The first kappa shape index (κ1) is 12.0. The minimum atomic E-state index is 0.264. The van der Waals surface area contributed by atoms with E-state index >= 15 is 0 Å². The zero-order valence-corrected chi connectivity index (χ0v) is 10.6. The van der Waals surface area contributed by atoms with Crippen LogP contribution in [-0.2, 0) is 0 Å². The number of rotatable bonds is 3. The second kappa shape index (κ2) is 5.21. The molecule has 0 aromatic heterocycles. The maximum atomic E-state index is 4.04. The molecule has 0 aromatic carbocycles. The Morgan fingerprint density at radius 2 is 1.44 bits per heavy atom. The van der Waals surface area contributed by atoms with Gasteiger partial charge in [-0.25, -0.2) is 0 Å². The average Bonchev–Trinajstić information content (AvgIpc) is 2.40. The minimum absolute atomic E-state index is 0.264. The second-order valence-electron chi connectivity index (χ2n) is 5.90. The Morgan fingerprint density at radius 3 is 2.06 bits per heavy atom. The fourth-order valence-corrected chi connectivity index (χ4v) is 3.85. The van der Waals surface area contributed by atoms with Gasteiger partial charge in [0.1, 0.15) is 0 Å². The van der Waals surface area contributed by atoms with Gasteiger partial charge in [0.05, 0.1) is 0 Å². The molecule has 1 unspecified atom stereocenters. The maximum Gasteiger partial charge on any atom is 0.00584 e. The molecule has 0 heterocycles. The lowest BCUT2D eigenvalue weighted by Gasteiger charge is -2.41. The summed E-state index contributed by atoms with van der Waals surface area (Å²) in [4.78, 5) is 0. The molecule has 0 aliphatic heterocycles. The van der Waals surface area contributed by atoms with Crippen molar-refractivity contribution in [2.45, 2.75) is 57.8 Å². The van der Waals surface area contributed by atoms with Gasteiger partial charge in [0.15, 0.2) is 0 Å². The van der Waals surface area contributed by atoms with Crippen LogP contribution in [0.5, 0.6) is 0 Å². The molecule has 0 radical (unpaired) electrons. The summed E-state index contributed by atoms with van der Waals surface area (Å²) in [7, 11) is 0. The average molecular weight is 218 g/mol. The van der Waals surface area contributed by atoms with Gasteiger partial charge in [-0.15, -0.1) is 13.2 Å². The van der Waals surface area contributed by atoms with Crippen molar-refractivity contribution < 1.29 is 0 Å². The Bertz CT molecular complexity index is 237. The summed E-state index contributed by atoms with van der Waals surface area (Å²) in [6.45, 7) is 8.07. The van der Waals surface area contributed by atoms with Gasteiger partial charge in [-0.2, -0.15) is 0 Å². The molecule has 2 aliphatic rings. The minimum Gasteiger partial charge on any atom is -0.102 e. The van der Waals surface area contributed by atoms with Gasteiger partial charge in [0.2, 0.25) is 0 Å². The first-order valence-electron chi connectivity index (χ1n) is 7.07. The highest BCUT2D eigenvalue weighted by Gasteiger charge is 2.35. The standard InChI is InChI=1S/C16H26/c1-3-16(4-2)12-8-11-15(13-16)14-9-6-5-7-10-14/h3-4,14-15H,1-2,5-13H2. The molecule has 16 heavy (non-hydrogen) atoms. The quantitative estimate of drug-likeness (QED) is 0.577. The van der Waals surface area contributed by atoms with E-state index in [0.717, 1.165) is 11.8 Å². The van der Waals surface area contributed by atoms with Crippen LogP contribution in [0, 0.1) is 17.3 Å². The largest absolute Gasteiger partial charge is 0.102 e. The van der Waals surface area contributed by atoms with E-state index in [2.05, 4.69) is 25.3 Å². The molecule has 0 bridgehead atoms. The summed E-state index contributed by atoms with van der Waals surface area (Å²) in [5.41, 5.74) is 0.264. The topological polar surface area (TPSA) is 0 Å². The smallest absolute Gasteiger partial charge is 0.00584 e. The summed E-state index contributed by atoms with van der Waals surface area (Å²) in [6.07, 6.45) is 17.1. The van der Waals surface area contributed by atoms with Crippen LogP contribution < -0.4 is 0 Å². The Hall–Kier alpha value is -0.520. The molecule has 0 aromatic rings. The van der Waals surface area contributed by atoms with E-state index in [9.17, 15) is 0 Å². The van der Waals surface area contributed by atoms with Crippen molar-refractivity contribution in [3.8, 4) is 0 Å². The lowest BCUT2D eigenvalue weighted by Crippen LogP contribution is -2.30. The maximum absolute atomic E-state index is 4.04. The predicted octanol–water partition coefficient (Wildman–Crippen LogP) is 5.12. The van der Waals surface area contributed by atoms with Crippen molar-refractivity contribution in [3.05, 3.63) is 25.3 Å². The van der Waals surface area contributed by atoms with Crippen LogP contribution in [0.15, 0.2) is 25.3 Å². The molecule has 1 atom stereocenters. The number of hydrogen-bond donors (Lipinski definition) is 0. The molecular formula is C16H26. The number of allylic oxidation sites excluding steroid dienone is 2. The lowest BCUT2D eigenvalue weighted by atomic mass is 9.64. The van der Waals surface area contributed by atoms with Crippen molar-refractivity contribution >= 4 is 0 Å². The fraction of sp³-hybridized carbons (Fsp3) is 0.750. The summed E-state index contributed by atoms with van der Waals surface area (Å²) in [5, 5.41) is 0. The Balaban J connectivity index is 1.99. The predicted molar refractivity (Wildman–Crippen MR) is 71.4 cm³/mol. The SMILES string of the molecule is C=CC1(C=C)CCCC(C2CCCCC2)C1. The van der Waals surface area contributed by atoms with E-state index in [4.69, 9.17) is 0 Å². The third-order valence-electron chi connectivity index (χ3n) is 4.99. The molecule has 2 rings (SSSR count). The zero-order chi connectivity index (χ0) is 11.4. The Morgan fingerprint density at radius 1 is 0.812 bits per heavy atom. The highest BCUT2D eigenvalue weighted by Crippen LogP contribution is 2.46. The van der Waals surface area contributed by atoms with E-state index in [0.29, 0.717) is 0 Å². The zero-order valence-electron chi connectivity index (χ0n) is 10.6. The summed E-state index contributed by atoms with van der Waals surface area (Å²) in [5.74, 6) is 1.96. The molecular weight excluding hydrogens is 192 g/mol. The molecule has 2 aliphatic carbocycles. The molecule has 0 N–H and O–H groups in total. The monoisotopic (exact) mass is 218 g/mol. The van der Waals surface area contributed by atoms with Crippen molar-refractivity contribution in [2.24, 2.45) is 17.3 Å². The molecule has 0 nitrogen and oxygen atoms in total. The van der Waals surface area contributed by atoms with Crippen LogP contribution in [0.4, 0.5) is 0 Å². The first-order chi connectivity index (χ1) is 7.79. The van der Waals surface area contributed by atoms with Crippen LogP contribution in [-0.4, -0.2) is 0 Å². The second-order valence-corrected chi connectivity index (χ2v) is 5.90. The van der Waals surface area contributed by atoms with Gasteiger partial charge in [-0.05, 0) is 24.7 Å². The molecule has 2 saturated carbocycles. The summed E-state index contributed by atoms with van der Waals surface area (Å²) in [6, 6.07) is 0. The van der Waals surface area contributed by atoms with E-state index < -0.39 is 0 Å². The van der Waals surface area contributed by atoms with Crippen LogP contribution in [0.25, 0.3) is 0 Å². The third-order valence-corrected chi connectivity index (χ3v) is 4.99. The number of hydrogen-bond acceptors (Lipinski definition) is 0. The van der Waals surface area contributed by atoms with Gasteiger partial charge < -0.3 is 0 Å². The van der Waals surface area contributed by atoms with Crippen LogP contribution in [0.3, 0.4) is 0 Å². The highest BCUT2D eigenvalue weighted by molar-refractivity contribution is 5.09. The van der Waals surface area contributed by atoms with Gasteiger partial charge in [-0.1, -0.05) is 57.1 Å². The lowest BCUT2D eigenvalue weighted by molar-refractivity contribution is 0.146. The van der Waals surface area contributed by atoms with E-state index in [-0.39, 0.29) is 5.41 Å². The summed E-state index contributed by atoms with van der Waals surface area (Å²) < 4.78 is 0. The van der Waals surface area contributed by atoms with Crippen molar-refractivity contribution in [1.82, 2.24) is 0 Å². The van der Waals surface area contributed by atoms with E-state index in [1.807, 2.05) is 0 Å². The van der Waals surface area contributed by atoms with E-state index in [1.54, 1.807) is 0 Å². The van der Waals surface area contributed by atoms with Gasteiger partial charge in [0.25, 0.3) is 0 Å². The van der Waals surface area contributed by atoms with Crippen LogP contribution in [0.2, 0.25) is 0 Å². The van der Waals surface area contributed by atoms with Crippen LogP contribution in [0.1, 0.15) is 57.8 Å². The molecule has 0 saturated heterocycles. The molecule has 2 fully saturated rings. The molecule has 0 spiro atoms. The fourth-order valence-electron chi connectivity index (χ4n) is 3.85. The normalized spacial score (nSPS) is 30.9. The Kier molecular flexibility index (Phi) is 3.89. The molecule has 0 heteroatoms. The highest BCUT2D eigenvalue weighted by atomic mass is 14.4. The molecule has 0 amide bonds. The Labute approximate surface area is 101 Å². The van der Waals surface area contributed by atoms with Crippen molar-refractivity contribution in [3.63, 3.8) is 0 Å². The third kappa shape index (κ3) is 2.42. The van der Waals surface area contributed by atoms with Crippen LogP contribution >= 0.6 is 0 Å². The first-order valence-corrected chi connectivity index (χ1v) is 7.07. The van der Waals surface area contributed by atoms with Gasteiger partial charge >= 0.3 is 0 Å². The summed E-state index contributed by atoms with van der Waals surface area (Å²) >= 11 is 0. The van der Waals surface area contributed by atoms with Gasteiger partial charge in [-0.3, -0.25) is 0 Å².